The van der Waals surface area contributed by atoms with Gasteiger partial charge in [-0.1, -0.05) is 29.8 Å². The lowest BCUT2D eigenvalue weighted by Gasteiger charge is -2.26. The predicted molar refractivity (Wildman–Crippen MR) is 80.6 cm³/mol. The predicted octanol–water partition coefficient (Wildman–Crippen LogP) is 3.15. The topological polar surface area (TPSA) is 59.2 Å². The highest BCUT2D eigenvalue weighted by atomic mass is 35.5. The van der Waals surface area contributed by atoms with Crippen molar-refractivity contribution in [2.75, 3.05) is 12.8 Å². The molecule has 104 valence electrons. The number of nitrogens with zero attached hydrogens (tertiary/aromatic N) is 2. The second-order valence-corrected chi connectivity index (χ2v) is 4.96. The lowest BCUT2D eigenvalue weighted by molar-refractivity contribution is 0.0743. The van der Waals surface area contributed by atoms with Gasteiger partial charge in [-0.15, -0.1) is 0 Å². The Labute approximate surface area is 123 Å². The summed E-state index contributed by atoms with van der Waals surface area (Å²) < 4.78 is 0. The first-order valence-electron chi connectivity index (χ1n) is 6.24. The van der Waals surface area contributed by atoms with E-state index in [1.54, 1.807) is 30.3 Å². The second kappa shape index (κ2) is 5.92. The van der Waals surface area contributed by atoms with E-state index < -0.39 is 0 Å². The monoisotopic (exact) mass is 289 g/mol. The molecule has 2 N–H and O–H groups in total. The quantitative estimate of drug-likeness (QED) is 0.944. The van der Waals surface area contributed by atoms with E-state index in [0.717, 1.165) is 5.56 Å². The van der Waals surface area contributed by atoms with Crippen LogP contribution in [0.15, 0.2) is 42.6 Å². The lowest BCUT2D eigenvalue weighted by Crippen LogP contribution is -2.30. The van der Waals surface area contributed by atoms with Gasteiger partial charge in [0.25, 0.3) is 5.91 Å². The molecule has 20 heavy (non-hydrogen) atoms. The summed E-state index contributed by atoms with van der Waals surface area (Å²) in [5, 5.41) is 0.638. The number of nitrogens with two attached hydrogens (primary N) is 1. The van der Waals surface area contributed by atoms with Gasteiger partial charge in [-0.25, -0.2) is 4.98 Å². The number of carbonyl (C=O) groups is 1. The third-order valence-electron chi connectivity index (χ3n) is 3.33. The van der Waals surface area contributed by atoms with Crippen molar-refractivity contribution < 1.29 is 4.79 Å². The summed E-state index contributed by atoms with van der Waals surface area (Å²) in [6.45, 7) is 1.92. The van der Waals surface area contributed by atoms with Gasteiger partial charge in [0, 0.05) is 18.3 Å². The molecule has 1 unspecified atom stereocenters. The maximum atomic E-state index is 12.5. The molecular formula is C15H16ClN3O. The third kappa shape index (κ3) is 2.75. The number of nitrogen functional groups attached to an aromatic ring is 1. The first-order valence-corrected chi connectivity index (χ1v) is 6.62. The first-order chi connectivity index (χ1) is 9.52. The van der Waals surface area contributed by atoms with Gasteiger partial charge >= 0.3 is 0 Å². The summed E-state index contributed by atoms with van der Waals surface area (Å²) in [6, 6.07) is 10.7. The zero-order chi connectivity index (χ0) is 14.7. The van der Waals surface area contributed by atoms with E-state index in [1.807, 2.05) is 31.2 Å². The Morgan fingerprint density at radius 2 is 2.00 bits per heavy atom. The van der Waals surface area contributed by atoms with Crippen molar-refractivity contribution in [3.05, 3.63) is 58.7 Å². The first kappa shape index (κ1) is 14.3. The molecule has 2 aromatic rings. The van der Waals surface area contributed by atoms with Crippen LogP contribution < -0.4 is 5.73 Å². The summed E-state index contributed by atoms with van der Waals surface area (Å²) in [5.74, 6) is 0.0544. The fraction of sp³-hybridized carbons (Fsp3) is 0.200. The van der Waals surface area contributed by atoms with Crippen molar-refractivity contribution in [1.29, 1.82) is 0 Å². The largest absolute Gasteiger partial charge is 0.383 e. The number of hydrogen-bond donors (Lipinski definition) is 1. The van der Waals surface area contributed by atoms with Crippen LogP contribution >= 0.6 is 11.6 Å². The molecule has 2 rings (SSSR count). The standard InChI is InChI=1S/C15H16ClN3O/c1-10(11-6-3-4-8-13(11)16)19(2)15(20)12-7-5-9-18-14(12)17/h3-10H,1-2H3,(H2,17,18). The van der Waals surface area contributed by atoms with E-state index in [2.05, 4.69) is 4.98 Å². The van der Waals surface area contributed by atoms with Gasteiger partial charge in [-0.3, -0.25) is 4.79 Å². The number of halogens is 1. The van der Waals surface area contributed by atoms with E-state index in [-0.39, 0.29) is 17.8 Å². The third-order valence-corrected chi connectivity index (χ3v) is 3.67. The normalized spacial score (nSPS) is 11.9. The van der Waals surface area contributed by atoms with Crippen LogP contribution in [0.2, 0.25) is 5.02 Å². The van der Waals surface area contributed by atoms with Crippen LogP contribution in [-0.2, 0) is 0 Å². The Bertz CT molecular complexity index is 630. The van der Waals surface area contributed by atoms with Gasteiger partial charge in [0.1, 0.15) is 5.82 Å². The van der Waals surface area contributed by atoms with Crippen LogP contribution in [-0.4, -0.2) is 22.8 Å². The average molecular weight is 290 g/mol. The van der Waals surface area contributed by atoms with E-state index in [9.17, 15) is 4.79 Å². The highest BCUT2D eigenvalue weighted by Crippen LogP contribution is 2.27. The van der Waals surface area contributed by atoms with Crippen molar-refractivity contribution in [2.45, 2.75) is 13.0 Å². The number of benzene rings is 1. The molecule has 0 radical (unpaired) electrons. The SMILES string of the molecule is CC(c1ccccc1Cl)N(C)C(=O)c1cccnc1N. The zero-order valence-electron chi connectivity index (χ0n) is 11.4. The smallest absolute Gasteiger partial charge is 0.257 e. The van der Waals surface area contributed by atoms with Gasteiger partial charge < -0.3 is 10.6 Å². The number of aromatic nitrogens is 1. The molecule has 0 spiro atoms. The molecule has 1 aromatic carbocycles. The maximum absolute atomic E-state index is 12.5. The van der Waals surface area contributed by atoms with Crippen molar-refractivity contribution in [3.63, 3.8) is 0 Å². The van der Waals surface area contributed by atoms with E-state index in [4.69, 9.17) is 17.3 Å². The fourth-order valence-corrected chi connectivity index (χ4v) is 2.28. The van der Waals surface area contributed by atoms with Gasteiger partial charge in [-0.05, 0) is 30.7 Å². The van der Waals surface area contributed by atoms with Crippen LogP contribution in [0.25, 0.3) is 0 Å². The minimum absolute atomic E-state index is 0.157. The second-order valence-electron chi connectivity index (χ2n) is 4.55. The molecule has 5 heteroatoms. The Hall–Kier alpha value is -2.07. The van der Waals surface area contributed by atoms with Gasteiger partial charge in [0.05, 0.1) is 11.6 Å². The van der Waals surface area contributed by atoms with E-state index in [1.165, 1.54) is 0 Å². The molecule has 0 bridgehead atoms. The summed E-state index contributed by atoms with van der Waals surface area (Å²) in [4.78, 5) is 18.0. The Balaban J connectivity index is 2.28. The molecule has 0 aliphatic rings. The summed E-state index contributed by atoms with van der Waals surface area (Å²) in [5.41, 5.74) is 7.04. The van der Waals surface area contributed by atoms with Gasteiger partial charge in [0.15, 0.2) is 0 Å². The number of carbonyl (C=O) groups excluding carboxylic acids is 1. The molecule has 0 aliphatic carbocycles. The molecule has 1 aromatic heterocycles. The number of rotatable bonds is 3. The zero-order valence-corrected chi connectivity index (χ0v) is 12.1. The minimum Gasteiger partial charge on any atom is -0.383 e. The van der Waals surface area contributed by atoms with Crippen molar-refractivity contribution in [1.82, 2.24) is 9.88 Å². The maximum Gasteiger partial charge on any atom is 0.257 e. The molecule has 0 aliphatic heterocycles. The average Bonchev–Trinajstić information content (AvgIpc) is 2.46. The van der Waals surface area contributed by atoms with Crippen LogP contribution in [0.1, 0.15) is 28.9 Å². The molecule has 0 fully saturated rings. The van der Waals surface area contributed by atoms with Crippen LogP contribution in [0.4, 0.5) is 5.82 Å². The molecule has 1 atom stereocenters. The highest BCUT2D eigenvalue weighted by Gasteiger charge is 2.22. The Kier molecular flexibility index (Phi) is 4.25. The van der Waals surface area contributed by atoms with Crippen molar-refractivity contribution >= 4 is 23.3 Å². The summed E-state index contributed by atoms with van der Waals surface area (Å²) in [7, 11) is 1.72. The van der Waals surface area contributed by atoms with Gasteiger partial charge in [0.2, 0.25) is 0 Å². The van der Waals surface area contributed by atoms with Crippen molar-refractivity contribution in [2.24, 2.45) is 0 Å². The van der Waals surface area contributed by atoms with Crippen molar-refractivity contribution in [3.8, 4) is 0 Å². The lowest BCUT2D eigenvalue weighted by atomic mass is 10.1. The molecule has 1 amide bonds. The fourth-order valence-electron chi connectivity index (χ4n) is 1.99. The molecule has 4 nitrogen and oxygen atoms in total. The molecule has 0 saturated heterocycles. The van der Waals surface area contributed by atoms with E-state index >= 15 is 0 Å². The Morgan fingerprint density at radius 3 is 2.65 bits per heavy atom. The molecule has 1 heterocycles. The Morgan fingerprint density at radius 1 is 1.30 bits per heavy atom. The van der Waals surface area contributed by atoms with Crippen LogP contribution in [0.5, 0.6) is 0 Å². The molecular weight excluding hydrogens is 274 g/mol. The minimum atomic E-state index is -0.178. The van der Waals surface area contributed by atoms with Crippen LogP contribution in [0.3, 0.4) is 0 Å². The molecule has 0 saturated carbocycles. The number of amides is 1. The summed E-state index contributed by atoms with van der Waals surface area (Å²) >= 11 is 6.17. The number of hydrogen-bond acceptors (Lipinski definition) is 3. The van der Waals surface area contributed by atoms with Gasteiger partial charge in [-0.2, -0.15) is 0 Å². The number of anilines is 1. The van der Waals surface area contributed by atoms with Crippen LogP contribution in [0, 0.1) is 0 Å². The summed E-state index contributed by atoms with van der Waals surface area (Å²) in [6.07, 6.45) is 1.56. The van der Waals surface area contributed by atoms with E-state index in [0.29, 0.717) is 10.6 Å². The number of pyridine rings is 1. The highest BCUT2D eigenvalue weighted by molar-refractivity contribution is 6.31.